The zero-order valence-corrected chi connectivity index (χ0v) is 18.3. The van der Waals surface area contributed by atoms with Crippen LogP contribution in [0.5, 0.6) is 0 Å². The van der Waals surface area contributed by atoms with Crippen molar-refractivity contribution in [2.75, 3.05) is 31.6 Å². The number of allylic oxidation sites excluding steroid dienone is 2. The maximum absolute atomic E-state index is 12.9. The van der Waals surface area contributed by atoms with Gasteiger partial charge in [0.25, 0.3) is 0 Å². The molecule has 0 aromatic heterocycles. The van der Waals surface area contributed by atoms with Crippen molar-refractivity contribution in [2.24, 2.45) is 5.92 Å². The standard InChI is InChI=1S/C24H28N2O3S/c1-16-14-17(2)23-22(15-16)20-4-3-5-21(20)24(25-23)18-6-8-19(9-7-18)30(27,28)26-10-12-29-13-11-26/h3-4,6-9,14-15,20-21,24-25H,5,10-13H2,1-2H3/t20-,21-,24-/m1/s1. The number of hydrogen-bond donors (Lipinski definition) is 1. The van der Waals surface area contributed by atoms with Crippen LogP contribution in [0.1, 0.15) is 40.6 Å². The van der Waals surface area contributed by atoms with E-state index in [0.29, 0.717) is 43.0 Å². The van der Waals surface area contributed by atoms with Crippen LogP contribution in [0.4, 0.5) is 5.69 Å². The maximum atomic E-state index is 12.9. The number of anilines is 1. The van der Waals surface area contributed by atoms with Crippen LogP contribution >= 0.6 is 0 Å². The van der Waals surface area contributed by atoms with E-state index < -0.39 is 10.0 Å². The second-order valence-electron chi connectivity index (χ2n) is 8.61. The first kappa shape index (κ1) is 19.8. The average Bonchev–Trinajstić information content (AvgIpc) is 3.24. The Morgan fingerprint density at radius 3 is 2.53 bits per heavy atom. The van der Waals surface area contributed by atoms with Crippen LogP contribution in [0.3, 0.4) is 0 Å². The van der Waals surface area contributed by atoms with Crippen molar-refractivity contribution in [2.45, 2.75) is 37.1 Å². The van der Waals surface area contributed by atoms with Gasteiger partial charge < -0.3 is 10.1 Å². The van der Waals surface area contributed by atoms with Crippen LogP contribution < -0.4 is 5.32 Å². The molecule has 0 radical (unpaired) electrons. The number of ether oxygens (including phenoxy) is 1. The van der Waals surface area contributed by atoms with E-state index in [4.69, 9.17) is 4.74 Å². The monoisotopic (exact) mass is 424 g/mol. The van der Waals surface area contributed by atoms with Gasteiger partial charge in [-0.2, -0.15) is 4.31 Å². The van der Waals surface area contributed by atoms with Gasteiger partial charge in [0.05, 0.1) is 24.2 Å². The number of nitrogens with zero attached hydrogens (tertiary/aromatic N) is 1. The lowest BCUT2D eigenvalue weighted by atomic mass is 9.76. The number of morpholine rings is 1. The van der Waals surface area contributed by atoms with E-state index in [1.807, 2.05) is 12.1 Å². The summed E-state index contributed by atoms with van der Waals surface area (Å²) in [6, 6.07) is 12.2. The summed E-state index contributed by atoms with van der Waals surface area (Å²) in [5.41, 5.74) is 6.31. The highest BCUT2D eigenvalue weighted by molar-refractivity contribution is 7.89. The number of hydrogen-bond acceptors (Lipinski definition) is 4. The largest absolute Gasteiger partial charge is 0.379 e. The smallest absolute Gasteiger partial charge is 0.243 e. The van der Waals surface area contributed by atoms with E-state index in [9.17, 15) is 8.42 Å². The van der Waals surface area contributed by atoms with Crippen molar-refractivity contribution < 1.29 is 13.2 Å². The number of benzene rings is 2. The van der Waals surface area contributed by atoms with E-state index in [0.717, 1.165) is 12.0 Å². The minimum absolute atomic E-state index is 0.166. The summed E-state index contributed by atoms with van der Waals surface area (Å²) in [4.78, 5) is 0.359. The molecule has 6 heteroatoms. The van der Waals surface area contributed by atoms with Crippen LogP contribution in [-0.4, -0.2) is 39.0 Å². The molecular weight excluding hydrogens is 396 g/mol. The quantitative estimate of drug-likeness (QED) is 0.752. The van der Waals surface area contributed by atoms with Gasteiger partial charge in [-0.25, -0.2) is 8.42 Å². The van der Waals surface area contributed by atoms with Gasteiger partial charge >= 0.3 is 0 Å². The molecule has 0 amide bonds. The van der Waals surface area contributed by atoms with Gasteiger partial charge in [-0.05, 0) is 55.0 Å². The van der Waals surface area contributed by atoms with E-state index in [1.165, 1.54) is 26.7 Å². The Kier molecular flexibility index (Phi) is 4.96. The van der Waals surface area contributed by atoms with Crippen LogP contribution in [-0.2, 0) is 14.8 Å². The second-order valence-corrected chi connectivity index (χ2v) is 10.5. The van der Waals surface area contributed by atoms with Crippen molar-refractivity contribution >= 4 is 15.7 Å². The Hall–Kier alpha value is -2.15. The first-order valence-electron chi connectivity index (χ1n) is 10.7. The SMILES string of the molecule is Cc1cc(C)c2c(c1)[C@@H]1C=CC[C@H]1[C@@H](c1ccc(S(=O)(=O)N3CCOCC3)cc1)N2. The van der Waals surface area contributed by atoms with E-state index in [-0.39, 0.29) is 6.04 Å². The normalized spacial score (nSPS) is 26.1. The molecule has 5 rings (SSSR count). The fourth-order valence-electron chi connectivity index (χ4n) is 5.19. The Morgan fingerprint density at radius 1 is 1.07 bits per heavy atom. The summed E-state index contributed by atoms with van der Waals surface area (Å²) >= 11 is 0. The van der Waals surface area contributed by atoms with Crippen LogP contribution in [0, 0.1) is 19.8 Å². The van der Waals surface area contributed by atoms with Gasteiger partial charge in [-0.15, -0.1) is 0 Å². The molecule has 1 N–H and O–H groups in total. The molecule has 2 aromatic carbocycles. The third-order valence-corrected chi connectivity index (χ3v) is 8.57. The molecule has 0 bridgehead atoms. The zero-order chi connectivity index (χ0) is 20.9. The van der Waals surface area contributed by atoms with Crippen molar-refractivity contribution in [3.8, 4) is 0 Å². The molecule has 0 saturated carbocycles. The summed E-state index contributed by atoms with van der Waals surface area (Å²) in [6.07, 6.45) is 5.66. The summed E-state index contributed by atoms with van der Waals surface area (Å²) in [7, 11) is -3.47. The first-order valence-corrected chi connectivity index (χ1v) is 12.1. The van der Waals surface area contributed by atoms with Crippen LogP contribution in [0.25, 0.3) is 0 Å². The fourth-order valence-corrected chi connectivity index (χ4v) is 6.59. The Balaban J connectivity index is 1.46. The lowest BCUT2D eigenvalue weighted by Gasteiger charge is -2.38. The second kappa shape index (κ2) is 7.52. The molecule has 3 aliphatic rings. The van der Waals surface area contributed by atoms with Gasteiger partial charge in [-0.1, -0.05) is 42.0 Å². The van der Waals surface area contributed by atoms with E-state index >= 15 is 0 Å². The molecule has 1 fully saturated rings. The average molecular weight is 425 g/mol. The molecular formula is C24H28N2O3S. The predicted molar refractivity (Wildman–Crippen MR) is 118 cm³/mol. The number of rotatable bonds is 3. The fraction of sp³-hybridized carbons (Fsp3) is 0.417. The lowest BCUT2D eigenvalue weighted by molar-refractivity contribution is 0.0730. The zero-order valence-electron chi connectivity index (χ0n) is 17.5. The first-order chi connectivity index (χ1) is 14.4. The lowest BCUT2D eigenvalue weighted by Crippen LogP contribution is -2.40. The van der Waals surface area contributed by atoms with Gasteiger partial charge in [0.15, 0.2) is 0 Å². The Labute approximate surface area is 178 Å². The highest BCUT2D eigenvalue weighted by Crippen LogP contribution is 2.50. The van der Waals surface area contributed by atoms with Crippen molar-refractivity contribution in [1.29, 1.82) is 0 Å². The molecule has 3 atom stereocenters. The molecule has 1 saturated heterocycles. The maximum Gasteiger partial charge on any atom is 0.243 e. The topological polar surface area (TPSA) is 58.6 Å². The van der Waals surface area contributed by atoms with E-state index in [2.05, 4.69) is 43.4 Å². The van der Waals surface area contributed by atoms with Crippen LogP contribution in [0.15, 0.2) is 53.4 Å². The molecule has 2 aromatic rings. The number of sulfonamides is 1. The van der Waals surface area contributed by atoms with Gasteiger partial charge in [-0.3, -0.25) is 0 Å². The molecule has 30 heavy (non-hydrogen) atoms. The van der Waals surface area contributed by atoms with Crippen molar-refractivity contribution in [1.82, 2.24) is 4.31 Å². The van der Waals surface area contributed by atoms with Gasteiger partial charge in [0.2, 0.25) is 10.0 Å². The third kappa shape index (κ3) is 3.27. The molecule has 2 heterocycles. The molecule has 5 nitrogen and oxygen atoms in total. The summed E-state index contributed by atoms with van der Waals surface area (Å²) in [6.45, 7) is 6.06. The Bertz CT molecular complexity index is 1090. The predicted octanol–water partition coefficient (Wildman–Crippen LogP) is 4.15. The van der Waals surface area contributed by atoms with Gasteiger partial charge in [0, 0.05) is 24.7 Å². The van der Waals surface area contributed by atoms with E-state index in [1.54, 1.807) is 12.1 Å². The molecule has 0 spiro atoms. The van der Waals surface area contributed by atoms with Gasteiger partial charge in [0.1, 0.15) is 0 Å². The molecule has 0 unspecified atom stereocenters. The molecule has 1 aliphatic carbocycles. The highest BCUT2D eigenvalue weighted by atomic mass is 32.2. The van der Waals surface area contributed by atoms with Crippen molar-refractivity contribution in [3.05, 3.63) is 70.8 Å². The van der Waals surface area contributed by atoms with Crippen LogP contribution in [0.2, 0.25) is 0 Å². The number of nitrogens with one attached hydrogen (secondary N) is 1. The van der Waals surface area contributed by atoms with Crippen molar-refractivity contribution in [3.63, 3.8) is 0 Å². The third-order valence-electron chi connectivity index (χ3n) is 6.66. The minimum Gasteiger partial charge on any atom is -0.379 e. The summed E-state index contributed by atoms with van der Waals surface area (Å²) in [5, 5.41) is 3.79. The number of aryl methyl sites for hydroxylation is 2. The summed E-state index contributed by atoms with van der Waals surface area (Å²) < 4.78 is 32.7. The number of fused-ring (bicyclic) bond motifs is 3. The molecule has 2 aliphatic heterocycles. The minimum atomic E-state index is -3.47. The highest BCUT2D eigenvalue weighted by Gasteiger charge is 2.38. The summed E-state index contributed by atoms with van der Waals surface area (Å²) in [5.74, 6) is 0.849. The Morgan fingerprint density at radius 2 is 1.80 bits per heavy atom. The molecule has 158 valence electrons.